The topological polar surface area (TPSA) is 38.5 Å². The van der Waals surface area contributed by atoms with Crippen molar-refractivity contribution in [3.05, 3.63) is 29.8 Å². The summed E-state index contributed by atoms with van der Waals surface area (Å²) in [5.74, 6) is 1.62. The van der Waals surface area contributed by atoms with Crippen LogP contribution in [0.4, 0.5) is 0 Å². The second kappa shape index (κ2) is 6.40. The third-order valence-corrected chi connectivity index (χ3v) is 4.23. The molecule has 3 heteroatoms. The fourth-order valence-corrected chi connectivity index (χ4v) is 3.30. The minimum absolute atomic E-state index is 0.269. The number of hydrogen-bond donors (Lipinski definition) is 1. The molecule has 106 valence electrons. The molecular weight excluding hydrogens is 236 g/mol. The third-order valence-electron chi connectivity index (χ3n) is 4.23. The van der Waals surface area contributed by atoms with Crippen LogP contribution in [-0.4, -0.2) is 31.1 Å². The van der Waals surface area contributed by atoms with E-state index in [1.165, 1.54) is 18.4 Å². The molecule has 1 fully saturated rings. The van der Waals surface area contributed by atoms with Crippen molar-refractivity contribution in [3.8, 4) is 5.75 Å². The van der Waals surface area contributed by atoms with E-state index in [0.29, 0.717) is 18.5 Å². The first kappa shape index (κ1) is 14.4. The quantitative estimate of drug-likeness (QED) is 0.887. The number of likely N-dealkylation sites (tertiary alicyclic amines) is 1. The molecule has 0 saturated carbocycles. The van der Waals surface area contributed by atoms with Gasteiger partial charge in [0.1, 0.15) is 5.75 Å². The summed E-state index contributed by atoms with van der Waals surface area (Å²) in [5.41, 5.74) is 7.30. The Morgan fingerprint density at radius 3 is 2.74 bits per heavy atom. The number of ether oxygens (including phenoxy) is 1. The Hall–Kier alpha value is -1.06. The maximum Gasteiger partial charge on any atom is 0.123 e. The van der Waals surface area contributed by atoms with E-state index < -0.39 is 0 Å². The summed E-state index contributed by atoms with van der Waals surface area (Å²) in [6.07, 6.45) is 2.55. The lowest BCUT2D eigenvalue weighted by atomic mass is 9.98. The number of rotatable bonds is 5. The van der Waals surface area contributed by atoms with E-state index in [2.05, 4.69) is 30.9 Å². The molecule has 1 saturated heterocycles. The minimum Gasteiger partial charge on any atom is -0.496 e. The molecule has 2 N–H and O–H groups in total. The van der Waals surface area contributed by atoms with Crippen LogP contribution >= 0.6 is 0 Å². The van der Waals surface area contributed by atoms with Gasteiger partial charge < -0.3 is 10.5 Å². The number of methoxy groups -OCH3 is 1. The first-order valence-electron chi connectivity index (χ1n) is 7.27. The second-order valence-electron chi connectivity index (χ2n) is 5.68. The fraction of sp³-hybridized carbons (Fsp3) is 0.625. The fourth-order valence-electron chi connectivity index (χ4n) is 3.30. The molecule has 0 amide bonds. The van der Waals surface area contributed by atoms with Crippen molar-refractivity contribution in [2.45, 2.75) is 38.8 Å². The molecular formula is C16H26N2O. The summed E-state index contributed by atoms with van der Waals surface area (Å²) in [6, 6.07) is 9.16. The van der Waals surface area contributed by atoms with Crippen LogP contribution in [0.5, 0.6) is 5.75 Å². The highest BCUT2D eigenvalue weighted by Gasteiger charge is 2.33. The molecule has 0 bridgehead atoms. The van der Waals surface area contributed by atoms with Gasteiger partial charge >= 0.3 is 0 Å². The van der Waals surface area contributed by atoms with Crippen LogP contribution in [0.15, 0.2) is 24.3 Å². The normalized spacial score (nSPS) is 21.8. The van der Waals surface area contributed by atoms with E-state index in [4.69, 9.17) is 10.5 Å². The maximum atomic E-state index is 6.07. The van der Waals surface area contributed by atoms with Crippen LogP contribution < -0.4 is 10.5 Å². The standard InChI is InChI=1S/C16H26N2O/c1-12(2)14-8-6-10-18(14)15(11-17)13-7-4-5-9-16(13)19-3/h4-5,7,9,12,14-15H,6,8,10-11,17H2,1-3H3. The number of hydrogen-bond acceptors (Lipinski definition) is 3. The summed E-state index contributed by atoms with van der Waals surface area (Å²) < 4.78 is 5.50. The second-order valence-corrected chi connectivity index (χ2v) is 5.68. The lowest BCUT2D eigenvalue weighted by molar-refractivity contribution is 0.147. The average Bonchev–Trinajstić information content (AvgIpc) is 2.89. The maximum absolute atomic E-state index is 6.07. The van der Waals surface area contributed by atoms with Crippen molar-refractivity contribution in [2.24, 2.45) is 11.7 Å². The lowest BCUT2D eigenvalue weighted by Gasteiger charge is -2.35. The van der Waals surface area contributed by atoms with Crippen LogP contribution in [0.1, 0.15) is 38.3 Å². The molecule has 0 aliphatic carbocycles. The lowest BCUT2D eigenvalue weighted by Crippen LogP contribution is -2.40. The SMILES string of the molecule is COc1ccccc1C(CN)N1CCCC1C(C)C. The van der Waals surface area contributed by atoms with Gasteiger partial charge in [0.15, 0.2) is 0 Å². The van der Waals surface area contributed by atoms with Gasteiger partial charge in [-0.3, -0.25) is 4.90 Å². The zero-order chi connectivity index (χ0) is 13.8. The van der Waals surface area contributed by atoms with Crippen LogP contribution in [0.25, 0.3) is 0 Å². The van der Waals surface area contributed by atoms with Crippen LogP contribution in [0, 0.1) is 5.92 Å². The van der Waals surface area contributed by atoms with E-state index in [1.807, 2.05) is 12.1 Å². The number of nitrogens with zero attached hydrogens (tertiary/aromatic N) is 1. The van der Waals surface area contributed by atoms with Gasteiger partial charge in [-0.25, -0.2) is 0 Å². The highest BCUT2D eigenvalue weighted by atomic mass is 16.5. The van der Waals surface area contributed by atoms with Gasteiger partial charge in [0, 0.05) is 18.2 Å². The third kappa shape index (κ3) is 2.93. The molecule has 3 nitrogen and oxygen atoms in total. The molecule has 0 spiro atoms. The van der Waals surface area contributed by atoms with E-state index in [9.17, 15) is 0 Å². The molecule has 1 aliphatic rings. The molecule has 2 atom stereocenters. The van der Waals surface area contributed by atoms with E-state index in [0.717, 1.165) is 12.3 Å². The molecule has 19 heavy (non-hydrogen) atoms. The Labute approximate surface area is 116 Å². The van der Waals surface area contributed by atoms with Crippen molar-refractivity contribution in [2.75, 3.05) is 20.2 Å². The van der Waals surface area contributed by atoms with Crippen LogP contribution in [0.3, 0.4) is 0 Å². The Balaban J connectivity index is 2.28. The smallest absolute Gasteiger partial charge is 0.123 e. The van der Waals surface area contributed by atoms with Crippen molar-refractivity contribution in [3.63, 3.8) is 0 Å². The van der Waals surface area contributed by atoms with Gasteiger partial charge in [-0.2, -0.15) is 0 Å². The minimum atomic E-state index is 0.269. The van der Waals surface area contributed by atoms with Crippen molar-refractivity contribution in [1.82, 2.24) is 4.90 Å². The Morgan fingerprint density at radius 2 is 2.11 bits per heavy atom. The predicted molar refractivity (Wildman–Crippen MR) is 79.4 cm³/mol. The summed E-state index contributed by atoms with van der Waals surface area (Å²) >= 11 is 0. The van der Waals surface area contributed by atoms with Crippen molar-refractivity contribution < 1.29 is 4.74 Å². The number of nitrogens with two attached hydrogens (primary N) is 1. The average molecular weight is 262 g/mol. The summed E-state index contributed by atoms with van der Waals surface area (Å²) in [6.45, 7) is 6.39. The van der Waals surface area contributed by atoms with Gasteiger partial charge in [0.2, 0.25) is 0 Å². The van der Waals surface area contributed by atoms with E-state index >= 15 is 0 Å². The van der Waals surface area contributed by atoms with Gasteiger partial charge in [0.05, 0.1) is 13.2 Å². The Morgan fingerprint density at radius 1 is 1.37 bits per heavy atom. The van der Waals surface area contributed by atoms with Crippen molar-refractivity contribution in [1.29, 1.82) is 0 Å². The van der Waals surface area contributed by atoms with Crippen LogP contribution in [-0.2, 0) is 0 Å². The molecule has 2 rings (SSSR count). The zero-order valence-electron chi connectivity index (χ0n) is 12.3. The molecule has 2 unspecified atom stereocenters. The molecule has 0 aromatic heterocycles. The predicted octanol–water partition coefficient (Wildman–Crippen LogP) is 2.82. The Kier molecular flexibility index (Phi) is 4.83. The molecule has 1 aromatic carbocycles. The largest absolute Gasteiger partial charge is 0.496 e. The zero-order valence-corrected chi connectivity index (χ0v) is 12.3. The van der Waals surface area contributed by atoms with Gasteiger partial charge in [-0.1, -0.05) is 32.0 Å². The number of benzene rings is 1. The van der Waals surface area contributed by atoms with Gasteiger partial charge in [0.25, 0.3) is 0 Å². The van der Waals surface area contributed by atoms with E-state index in [-0.39, 0.29) is 6.04 Å². The van der Waals surface area contributed by atoms with Gasteiger partial charge in [-0.05, 0) is 31.4 Å². The molecule has 1 aromatic rings. The van der Waals surface area contributed by atoms with Crippen molar-refractivity contribution >= 4 is 0 Å². The first-order valence-corrected chi connectivity index (χ1v) is 7.27. The molecule has 1 heterocycles. The summed E-state index contributed by atoms with van der Waals surface area (Å²) in [5, 5.41) is 0. The summed E-state index contributed by atoms with van der Waals surface area (Å²) in [7, 11) is 1.73. The molecule has 1 aliphatic heterocycles. The van der Waals surface area contributed by atoms with Gasteiger partial charge in [-0.15, -0.1) is 0 Å². The Bertz CT molecular complexity index is 405. The number of para-hydroxylation sites is 1. The van der Waals surface area contributed by atoms with E-state index in [1.54, 1.807) is 7.11 Å². The summed E-state index contributed by atoms with van der Waals surface area (Å²) in [4.78, 5) is 2.57. The highest BCUT2D eigenvalue weighted by Crippen LogP contribution is 2.35. The molecule has 0 radical (unpaired) electrons. The first-order chi connectivity index (χ1) is 9.19. The van der Waals surface area contributed by atoms with Crippen LogP contribution in [0.2, 0.25) is 0 Å². The monoisotopic (exact) mass is 262 g/mol. The highest BCUT2D eigenvalue weighted by molar-refractivity contribution is 5.36.